The number of nitrogens with zero attached hydrogens (tertiary/aromatic N) is 2. The highest BCUT2D eigenvalue weighted by Crippen LogP contribution is 2.39. The Labute approximate surface area is 170 Å². The molecule has 0 radical (unpaired) electrons. The number of hydrogen-bond acceptors (Lipinski definition) is 7. The Bertz CT molecular complexity index is 965. The fourth-order valence-corrected chi connectivity index (χ4v) is 4.52. The summed E-state index contributed by atoms with van der Waals surface area (Å²) in [4.78, 5) is 0. The first kappa shape index (κ1) is 18.9. The predicted molar refractivity (Wildman–Crippen MR) is 109 cm³/mol. The van der Waals surface area contributed by atoms with Gasteiger partial charge in [0.1, 0.15) is 11.6 Å². The van der Waals surface area contributed by atoms with Crippen molar-refractivity contribution in [2.75, 3.05) is 11.9 Å². The van der Waals surface area contributed by atoms with Crippen LogP contribution in [-0.2, 0) is 17.1 Å². The van der Waals surface area contributed by atoms with Crippen molar-refractivity contribution in [3.8, 4) is 5.75 Å². The molecule has 3 aromatic rings. The molecule has 2 aromatic carbocycles. The summed E-state index contributed by atoms with van der Waals surface area (Å²) in [7, 11) is 0. The molecule has 1 aliphatic rings. The van der Waals surface area contributed by atoms with Crippen molar-refractivity contribution in [2.45, 2.75) is 23.0 Å². The number of halogens is 1. The van der Waals surface area contributed by atoms with Crippen LogP contribution in [0.4, 0.5) is 9.52 Å². The first-order chi connectivity index (χ1) is 13.7. The molecule has 1 aliphatic heterocycles. The molecule has 0 aliphatic carbocycles. The van der Waals surface area contributed by atoms with Crippen molar-refractivity contribution in [1.82, 2.24) is 10.2 Å². The summed E-state index contributed by atoms with van der Waals surface area (Å²) in [5.74, 6) is 0.909. The summed E-state index contributed by atoms with van der Waals surface area (Å²) in [5, 5.41) is 12.1. The van der Waals surface area contributed by atoms with E-state index in [1.165, 1.54) is 35.2 Å². The Balaban J connectivity index is 1.51. The van der Waals surface area contributed by atoms with Crippen LogP contribution in [0, 0.1) is 5.82 Å². The van der Waals surface area contributed by atoms with Gasteiger partial charge in [-0.25, -0.2) is 4.39 Å². The topological polar surface area (TPSA) is 56.3 Å². The van der Waals surface area contributed by atoms with Gasteiger partial charge in [0.2, 0.25) is 11.4 Å². The molecule has 0 spiro atoms. The second kappa shape index (κ2) is 8.72. The van der Waals surface area contributed by atoms with Gasteiger partial charge in [-0.1, -0.05) is 59.5 Å². The third kappa shape index (κ3) is 4.35. The van der Waals surface area contributed by atoms with Crippen LogP contribution < -0.4 is 10.1 Å². The van der Waals surface area contributed by atoms with Crippen molar-refractivity contribution < 1.29 is 13.9 Å². The number of hydrogen-bond donors (Lipinski definition) is 1. The average Bonchev–Trinajstić information content (AvgIpc) is 3.18. The zero-order valence-electron chi connectivity index (χ0n) is 14.9. The fourth-order valence-electron chi connectivity index (χ4n) is 2.80. The van der Waals surface area contributed by atoms with Crippen LogP contribution in [0.3, 0.4) is 0 Å². The highest BCUT2D eigenvalue weighted by Gasteiger charge is 2.25. The number of rotatable bonds is 7. The largest absolute Gasteiger partial charge is 0.460 e. The molecule has 28 heavy (non-hydrogen) atoms. The smallest absolute Gasteiger partial charge is 0.227 e. The molecule has 0 fully saturated rings. The molecule has 2 heterocycles. The molecule has 1 atom stereocenters. The van der Waals surface area contributed by atoms with Crippen LogP contribution in [0.2, 0.25) is 0 Å². The summed E-state index contributed by atoms with van der Waals surface area (Å²) in [6, 6.07) is 12.7. The van der Waals surface area contributed by atoms with Crippen LogP contribution in [0.5, 0.6) is 5.75 Å². The Morgan fingerprint density at radius 3 is 2.96 bits per heavy atom. The molecular weight excluding hydrogens is 397 g/mol. The Morgan fingerprint density at radius 2 is 2.14 bits per heavy atom. The lowest BCUT2D eigenvalue weighted by atomic mass is 10.1. The average molecular weight is 416 g/mol. The van der Waals surface area contributed by atoms with Gasteiger partial charge in [-0.15, -0.1) is 16.8 Å². The zero-order chi connectivity index (χ0) is 19.3. The standard InChI is InChI=1S/C20H18FN3O2S2/c1-2-8-22-19-23-24-20(28-19)27-12-15-10-16(21)9-14-11-25-18(26-17(14)15)13-6-4-3-5-7-13/h2-7,9-10,18H,1,8,11-12H2,(H,22,23)/t18-/m0/s1. The third-order valence-corrected chi connectivity index (χ3v) is 6.11. The van der Waals surface area contributed by atoms with E-state index >= 15 is 0 Å². The van der Waals surface area contributed by atoms with E-state index in [1.807, 2.05) is 30.3 Å². The number of benzene rings is 2. The number of nitrogens with one attached hydrogen (secondary N) is 1. The molecule has 0 saturated carbocycles. The van der Waals surface area contributed by atoms with Gasteiger partial charge in [0.15, 0.2) is 4.34 Å². The van der Waals surface area contributed by atoms with Crippen LogP contribution >= 0.6 is 23.1 Å². The minimum Gasteiger partial charge on any atom is -0.460 e. The van der Waals surface area contributed by atoms with Crippen molar-refractivity contribution >= 4 is 28.2 Å². The molecule has 8 heteroatoms. The van der Waals surface area contributed by atoms with Gasteiger partial charge >= 0.3 is 0 Å². The van der Waals surface area contributed by atoms with E-state index in [0.29, 0.717) is 30.2 Å². The molecule has 0 unspecified atom stereocenters. The molecular formula is C20H18FN3O2S2. The van der Waals surface area contributed by atoms with E-state index in [2.05, 4.69) is 22.1 Å². The minimum atomic E-state index is -0.501. The molecule has 0 amide bonds. The van der Waals surface area contributed by atoms with E-state index in [1.54, 1.807) is 6.08 Å². The van der Waals surface area contributed by atoms with E-state index in [-0.39, 0.29) is 5.82 Å². The number of anilines is 1. The third-order valence-electron chi connectivity index (χ3n) is 4.05. The van der Waals surface area contributed by atoms with E-state index < -0.39 is 6.29 Å². The minimum absolute atomic E-state index is 0.301. The van der Waals surface area contributed by atoms with Gasteiger partial charge in [-0.2, -0.15) is 0 Å². The van der Waals surface area contributed by atoms with E-state index in [4.69, 9.17) is 9.47 Å². The quantitative estimate of drug-likeness (QED) is 0.424. The second-order valence-corrected chi connectivity index (χ2v) is 8.26. The Hall–Kier alpha value is -2.42. The SMILES string of the molecule is C=CCNc1nnc(SCc2cc(F)cc3c2O[C@@H](c2ccccc2)OC3)s1. The lowest BCUT2D eigenvalue weighted by Gasteiger charge is -2.28. The maximum Gasteiger partial charge on any atom is 0.227 e. The maximum atomic E-state index is 14.1. The first-order valence-electron chi connectivity index (χ1n) is 8.68. The highest BCUT2D eigenvalue weighted by atomic mass is 32.2. The lowest BCUT2D eigenvalue weighted by Crippen LogP contribution is -2.19. The Morgan fingerprint density at radius 1 is 1.29 bits per heavy atom. The summed E-state index contributed by atoms with van der Waals surface area (Å²) in [5.41, 5.74) is 2.42. The molecule has 0 saturated heterocycles. The summed E-state index contributed by atoms with van der Waals surface area (Å²) < 4.78 is 26.7. The van der Waals surface area contributed by atoms with Gasteiger partial charge in [0.25, 0.3) is 0 Å². The fraction of sp³-hybridized carbons (Fsp3) is 0.200. The lowest BCUT2D eigenvalue weighted by molar-refractivity contribution is -0.112. The zero-order valence-corrected chi connectivity index (χ0v) is 16.6. The monoisotopic (exact) mass is 415 g/mol. The van der Waals surface area contributed by atoms with Gasteiger partial charge in [-0.05, 0) is 12.1 Å². The highest BCUT2D eigenvalue weighted by molar-refractivity contribution is 8.00. The van der Waals surface area contributed by atoms with Crippen molar-refractivity contribution in [3.05, 3.63) is 77.6 Å². The predicted octanol–water partition coefficient (Wildman–Crippen LogP) is 5.18. The van der Waals surface area contributed by atoms with Gasteiger partial charge in [0.05, 0.1) is 6.61 Å². The van der Waals surface area contributed by atoms with Gasteiger partial charge in [-0.3, -0.25) is 0 Å². The van der Waals surface area contributed by atoms with Crippen molar-refractivity contribution in [3.63, 3.8) is 0 Å². The number of ether oxygens (including phenoxy) is 2. The van der Waals surface area contributed by atoms with Crippen LogP contribution in [0.15, 0.2) is 59.5 Å². The molecule has 1 N–H and O–H groups in total. The maximum absolute atomic E-state index is 14.1. The van der Waals surface area contributed by atoms with E-state index in [0.717, 1.165) is 20.6 Å². The van der Waals surface area contributed by atoms with Crippen molar-refractivity contribution in [1.29, 1.82) is 0 Å². The van der Waals surface area contributed by atoms with Gasteiger partial charge < -0.3 is 14.8 Å². The summed E-state index contributed by atoms with van der Waals surface area (Å²) in [6.07, 6.45) is 1.26. The molecule has 144 valence electrons. The Kier molecular flexibility index (Phi) is 5.90. The second-order valence-electron chi connectivity index (χ2n) is 6.06. The summed E-state index contributed by atoms with van der Waals surface area (Å²) >= 11 is 2.95. The molecule has 5 nitrogen and oxygen atoms in total. The first-order valence-corrected chi connectivity index (χ1v) is 10.5. The normalized spacial score (nSPS) is 15.5. The molecule has 4 rings (SSSR count). The van der Waals surface area contributed by atoms with Crippen LogP contribution in [-0.4, -0.2) is 16.7 Å². The number of fused-ring (bicyclic) bond motifs is 1. The van der Waals surface area contributed by atoms with Crippen LogP contribution in [0.1, 0.15) is 23.0 Å². The van der Waals surface area contributed by atoms with Crippen LogP contribution in [0.25, 0.3) is 0 Å². The molecule has 0 bridgehead atoms. The number of aromatic nitrogens is 2. The van der Waals surface area contributed by atoms with Crippen molar-refractivity contribution in [2.24, 2.45) is 0 Å². The molecule has 1 aromatic heterocycles. The summed E-state index contributed by atoms with van der Waals surface area (Å²) in [6.45, 7) is 4.60. The van der Waals surface area contributed by atoms with Gasteiger partial charge in [0, 0.05) is 29.0 Å². The number of thioether (sulfide) groups is 1. The van der Waals surface area contributed by atoms with E-state index in [9.17, 15) is 4.39 Å².